The standard InChI is InChI=1S/C18H30O2/c1-3-5-10-14-19-18(20-15-11-6-4-2)16-17-12-8-7-9-13-17/h7-9,12-13,18H,3-6,10-11,14-16H2,1-2H3. The van der Waals surface area contributed by atoms with Crippen molar-refractivity contribution in [2.45, 2.75) is 65.1 Å². The number of hydrogen-bond donors (Lipinski definition) is 0. The van der Waals surface area contributed by atoms with E-state index in [9.17, 15) is 0 Å². The Kier molecular flexibility index (Phi) is 10.3. The Hall–Kier alpha value is -0.860. The van der Waals surface area contributed by atoms with E-state index >= 15 is 0 Å². The van der Waals surface area contributed by atoms with Crippen LogP contribution in [0.15, 0.2) is 30.3 Å². The Bertz CT molecular complexity index is 298. The van der Waals surface area contributed by atoms with Crippen LogP contribution >= 0.6 is 0 Å². The van der Waals surface area contributed by atoms with Gasteiger partial charge >= 0.3 is 0 Å². The molecule has 0 amide bonds. The molecule has 0 atom stereocenters. The predicted octanol–water partition coefficient (Wildman–Crippen LogP) is 4.97. The molecule has 0 N–H and O–H groups in total. The molecule has 2 nitrogen and oxygen atoms in total. The van der Waals surface area contributed by atoms with Crippen molar-refractivity contribution in [2.75, 3.05) is 13.2 Å². The van der Waals surface area contributed by atoms with Crippen molar-refractivity contribution in [3.8, 4) is 0 Å². The number of benzene rings is 1. The molecule has 0 aliphatic heterocycles. The maximum Gasteiger partial charge on any atom is 0.161 e. The summed E-state index contributed by atoms with van der Waals surface area (Å²) in [5.74, 6) is 0. The van der Waals surface area contributed by atoms with E-state index in [1.807, 2.05) is 6.07 Å². The van der Waals surface area contributed by atoms with Crippen LogP contribution in [0.5, 0.6) is 0 Å². The number of ether oxygens (including phenoxy) is 2. The summed E-state index contributed by atoms with van der Waals surface area (Å²) in [7, 11) is 0. The Morgan fingerprint density at radius 1 is 0.800 bits per heavy atom. The molecule has 0 heterocycles. The summed E-state index contributed by atoms with van der Waals surface area (Å²) in [5, 5.41) is 0. The van der Waals surface area contributed by atoms with Gasteiger partial charge in [0.15, 0.2) is 6.29 Å². The van der Waals surface area contributed by atoms with Crippen LogP contribution in [0.4, 0.5) is 0 Å². The summed E-state index contributed by atoms with van der Waals surface area (Å²) in [6, 6.07) is 10.5. The Balaban J connectivity index is 2.33. The van der Waals surface area contributed by atoms with Crippen molar-refractivity contribution < 1.29 is 9.47 Å². The van der Waals surface area contributed by atoms with Gasteiger partial charge in [0, 0.05) is 19.6 Å². The lowest BCUT2D eigenvalue weighted by Crippen LogP contribution is -2.21. The Morgan fingerprint density at radius 3 is 1.85 bits per heavy atom. The molecule has 0 saturated heterocycles. The Labute approximate surface area is 124 Å². The van der Waals surface area contributed by atoms with Gasteiger partial charge in [-0.2, -0.15) is 0 Å². The predicted molar refractivity (Wildman–Crippen MR) is 84.9 cm³/mol. The van der Waals surface area contributed by atoms with Crippen LogP contribution in [0.25, 0.3) is 0 Å². The average Bonchev–Trinajstić information content (AvgIpc) is 2.49. The van der Waals surface area contributed by atoms with Crippen LogP contribution in [-0.4, -0.2) is 19.5 Å². The van der Waals surface area contributed by atoms with E-state index in [2.05, 4.69) is 38.1 Å². The molecule has 1 rings (SSSR count). The number of rotatable bonds is 12. The van der Waals surface area contributed by atoms with Crippen LogP contribution in [0, 0.1) is 0 Å². The first-order valence-corrected chi connectivity index (χ1v) is 8.14. The van der Waals surface area contributed by atoms with Crippen molar-refractivity contribution >= 4 is 0 Å². The van der Waals surface area contributed by atoms with Crippen LogP contribution in [0.2, 0.25) is 0 Å². The van der Waals surface area contributed by atoms with Crippen LogP contribution < -0.4 is 0 Å². The van der Waals surface area contributed by atoms with Gasteiger partial charge in [0.2, 0.25) is 0 Å². The maximum absolute atomic E-state index is 5.91. The minimum Gasteiger partial charge on any atom is -0.352 e. The highest BCUT2D eigenvalue weighted by molar-refractivity contribution is 5.15. The molecule has 0 aliphatic carbocycles. The van der Waals surface area contributed by atoms with Gasteiger partial charge in [0.1, 0.15) is 0 Å². The normalized spacial score (nSPS) is 11.2. The molecule has 0 spiro atoms. The summed E-state index contributed by atoms with van der Waals surface area (Å²) >= 11 is 0. The fourth-order valence-electron chi connectivity index (χ4n) is 2.11. The fourth-order valence-corrected chi connectivity index (χ4v) is 2.11. The second kappa shape index (κ2) is 11.9. The molecule has 114 valence electrons. The molecular formula is C18H30O2. The third kappa shape index (κ3) is 8.34. The number of unbranched alkanes of at least 4 members (excludes halogenated alkanes) is 4. The fraction of sp³-hybridized carbons (Fsp3) is 0.667. The minimum absolute atomic E-state index is 0.0916. The SMILES string of the molecule is CCCCCOC(Cc1ccccc1)OCCCCC. The lowest BCUT2D eigenvalue weighted by molar-refractivity contribution is -0.142. The van der Waals surface area contributed by atoms with E-state index in [0.29, 0.717) is 0 Å². The molecule has 0 fully saturated rings. The molecule has 20 heavy (non-hydrogen) atoms. The molecule has 2 heteroatoms. The van der Waals surface area contributed by atoms with E-state index in [0.717, 1.165) is 32.5 Å². The van der Waals surface area contributed by atoms with Gasteiger partial charge in [-0.15, -0.1) is 0 Å². The lowest BCUT2D eigenvalue weighted by Gasteiger charge is -2.19. The zero-order valence-electron chi connectivity index (χ0n) is 13.1. The van der Waals surface area contributed by atoms with Gasteiger partial charge in [-0.1, -0.05) is 69.9 Å². The van der Waals surface area contributed by atoms with Crippen molar-refractivity contribution in [1.29, 1.82) is 0 Å². The monoisotopic (exact) mass is 278 g/mol. The molecule has 0 unspecified atom stereocenters. The van der Waals surface area contributed by atoms with Gasteiger partial charge < -0.3 is 9.47 Å². The van der Waals surface area contributed by atoms with Crippen molar-refractivity contribution in [3.05, 3.63) is 35.9 Å². The minimum atomic E-state index is -0.0916. The van der Waals surface area contributed by atoms with Crippen LogP contribution in [0.1, 0.15) is 57.9 Å². The highest BCUT2D eigenvalue weighted by Gasteiger charge is 2.10. The van der Waals surface area contributed by atoms with E-state index in [-0.39, 0.29) is 6.29 Å². The molecule has 1 aromatic carbocycles. The lowest BCUT2D eigenvalue weighted by atomic mass is 10.1. The summed E-state index contributed by atoms with van der Waals surface area (Å²) in [6.45, 7) is 6.03. The second-order valence-electron chi connectivity index (χ2n) is 5.28. The highest BCUT2D eigenvalue weighted by atomic mass is 16.7. The highest BCUT2D eigenvalue weighted by Crippen LogP contribution is 2.10. The van der Waals surface area contributed by atoms with Gasteiger partial charge in [-0.25, -0.2) is 0 Å². The molecule has 1 aromatic rings. The van der Waals surface area contributed by atoms with Gasteiger partial charge in [0.05, 0.1) is 0 Å². The van der Waals surface area contributed by atoms with E-state index in [1.54, 1.807) is 0 Å². The smallest absolute Gasteiger partial charge is 0.161 e. The van der Waals surface area contributed by atoms with Gasteiger partial charge in [0.25, 0.3) is 0 Å². The zero-order chi connectivity index (χ0) is 14.5. The van der Waals surface area contributed by atoms with Crippen LogP contribution in [0.3, 0.4) is 0 Å². The first-order valence-electron chi connectivity index (χ1n) is 8.14. The third-order valence-electron chi connectivity index (χ3n) is 3.35. The second-order valence-corrected chi connectivity index (χ2v) is 5.28. The Morgan fingerprint density at radius 2 is 1.35 bits per heavy atom. The molecule has 0 radical (unpaired) electrons. The molecule has 0 aliphatic rings. The quantitative estimate of drug-likeness (QED) is 0.397. The van der Waals surface area contributed by atoms with Crippen LogP contribution in [-0.2, 0) is 15.9 Å². The molecule has 0 saturated carbocycles. The largest absolute Gasteiger partial charge is 0.352 e. The average molecular weight is 278 g/mol. The molecule has 0 bridgehead atoms. The van der Waals surface area contributed by atoms with Crippen molar-refractivity contribution in [3.63, 3.8) is 0 Å². The van der Waals surface area contributed by atoms with Crippen molar-refractivity contribution in [2.24, 2.45) is 0 Å². The number of hydrogen-bond acceptors (Lipinski definition) is 2. The maximum atomic E-state index is 5.91. The van der Waals surface area contributed by atoms with Gasteiger partial charge in [-0.05, 0) is 18.4 Å². The van der Waals surface area contributed by atoms with E-state index < -0.39 is 0 Å². The summed E-state index contributed by atoms with van der Waals surface area (Å²) in [4.78, 5) is 0. The van der Waals surface area contributed by atoms with E-state index in [1.165, 1.54) is 31.2 Å². The van der Waals surface area contributed by atoms with Crippen molar-refractivity contribution in [1.82, 2.24) is 0 Å². The topological polar surface area (TPSA) is 18.5 Å². The third-order valence-corrected chi connectivity index (χ3v) is 3.35. The van der Waals surface area contributed by atoms with Gasteiger partial charge in [-0.3, -0.25) is 0 Å². The first-order chi connectivity index (χ1) is 9.86. The molecule has 0 aromatic heterocycles. The molecular weight excluding hydrogens is 248 g/mol. The zero-order valence-corrected chi connectivity index (χ0v) is 13.1. The summed E-state index contributed by atoms with van der Waals surface area (Å²) in [6.07, 6.45) is 7.92. The first kappa shape index (κ1) is 17.2. The van der Waals surface area contributed by atoms with E-state index in [4.69, 9.17) is 9.47 Å². The summed E-state index contributed by atoms with van der Waals surface area (Å²) < 4.78 is 11.8. The summed E-state index contributed by atoms with van der Waals surface area (Å²) in [5.41, 5.74) is 1.28.